The molecule has 0 saturated carbocycles. The van der Waals surface area contributed by atoms with E-state index in [1.807, 2.05) is 30.3 Å². The molecule has 2 atom stereocenters. The number of likely N-dealkylation sites (N-methyl/N-ethyl adjacent to an activating group) is 1. The Kier molecular flexibility index (Phi) is 5.02. The molecule has 0 N–H and O–H groups in total. The third-order valence-corrected chi connectivity index (χ3v) is 4.96. The van der Waals surface area contributed by atoms with Crippen molar-refractivity contribution in [3.8, 4) is 6.07 Å². The summed E-state index contributed by atoms with van der Waals surface area (Å²) in [5, 5.41) is 11.8. The van der Waals surface area contributed by atoms with Crippen molar-refractivity contribution < 1.29 is 4.39 Å². The molecule has 1 aliphatic rings. The Morgan fingerprint density at radius 3 is 2.92 bits per heavy atom. The van der Waals surface area contributed by atoms with Gasteiger partial charge < -0.3 is 4.90 Å². The number of nitriles is 1. The van der Waals surface area contributed by atoms with Gasteiger partial charge in [0.2, 0.25) is 0 Å². The number of hydrogen-bond acceptors (Lipinski definition) is 7. The quantitative estimate of drug-likeness (QED) is 0.826. The Bertz CT molecular complexity index is 725. The zero-order valence-corrected chi connectivity index (χ0v) is 14.5. The zero-order valence-electron chi connectivity index (χ0n) is 13.7. The molecule has 0 aromatic carbocycles. The van der Waals surface area contributed by atoms with Gasteiger partial charge in [-0.2, -0.15) is 5.26 Å². The lowest BCUT2D eigenvalue weighted by Crippen LogP contribution is -2.39. The topological polar surface area (TPSA) is 68.9 Å². The van der Waals surface area contributed by atoms with Crippen LogP contribution in [0.5, 0.6) is 0 Å². The van der Waals surface area contributed by atoms with Crippen LogP contribution >= 0.6 is 11.3 Å². The van der Waals surface area contributed by atoms with Crippen LogP contribution in [0.15, 0.2) is 17.8 Å². The third kappa shape index (κ3) is 3.86. The molecule has 3 heterocycles. The molecular formula is C16H19FN6S. The van der Waals surface area contributed by atoms with Crippen LogP contribution in [0, 0.1) is 18.3 Å². The van der Waals surface area contributed by atoms with Crippen LogP contribution in [0.4, 0.5) is 10.2 Å². The summed E-state index contributed by atoms with van der Waals surface area (Å²) in [4.78, 5) is 16.9. The predicted octanol–water partition coefficient (Wildman–Crippen LogP) is 2.16. The number of rotatable bonds is 5. The van der Waals surface area contributed by atoms with Gasteiger partial charge in [0.1, 0.15) is 18.1 Å². The first kappa shape index (κ1) is 16.7. The molecule has 6 nitrogen and oxygen atoms in total. The van der Waals surface area contributed by atoms with Gasteiger partial charge in [-0.3, -0.25) is 4.90 Å². The summed E-state index contributed by atoms with van der Waals surface area (Å²) in [6.45, 7) is 3.74. The van der Waals surface area contributed by atoms with Crippen molar-refractivity contribution in [2.24, 2.45) is 0 Å². The first-order valence-electron chi connectivity index (χ1n) is 7.77. The number of halogens is 1. The van der Waals surface area contributed by atoms with Crippen molar-refractivity contribution in [3.63, 3.8) is 0 Å². The summed E-state index contributed by atoms with van der Waals surface area (Å²) in [5.41, 5.74) is 1.29. The number of aromatic nitrogens is 3. The van der Waals surface area contributed by atoms with Gasteiger partial charge >= 0.3 is 0 Å². The highest BCUT2D eigenvalue weighted by Gasteiger charge is 2.33. The maximum atomic E-state index is 13.9. The van der Waals surface area contributed by atoms with E-state index in [0.29, 0.717) is 31.9 Å². The van der Waals surface area contributed by atoms with Gasteiger partial charge in [-0.15, -0.1) is 11.3 Å². The molecule has 0 unspecified atom stereocenters. The number of nitrogens with zero attached hydrogens (tertiary/aromatic N) is 6. The molecule has 0 amide bonds. The molecule has 24 heavy (non-hydrogen) atoms. The Hall–Kier alpha value is -2.11. The van der Waals surface area contributed by atoms with Crippen molar-refractivity contribution in [1.29, 1.82) is 5.26 Å². The van der Waals surface area contributed by atoms with Gasteiger partial charge in [-0.05, 0) is 13.3 Å². The van der Waals surface area contributed by atoms with Gasteiger partial charge in [0.25, 0.3) is 0 Å². The molecule has 1 saturated heterocycles. The van der Waals surface area contributed by atoms with Crippen LogP contribution < -0.4 is 4.90 Å². The van der Waals surface area contributed by atoms with Crippen LogP contribution in [-0.4, -0.2) is 52.2 Å². The van der Waals surface area contributed by atoms with E-state index in [1.165, 1.54) is 6.20 Å². The van der Waals surface area contributed by atoms with E-state index in [0.717, 1.165) is 10.7 Å². The molecule has 0 aliphatic carbocycles. The van der Waals surface area contributed by atoms with Gasteiger partial charge in [0.15, 0.2) is 5.69 Å². The number of hydrogen-bond donors (Lipinski definition) is 0. The average Bonchev–Trinajstić information content (AvgIpc) is 3.13. The molecule has 0 spiro atoms. The van der Waals surface area contributed by atoms with Crippen LogP contribution in [0.25, 0.3) is 0 Å². The minimum atomic E-state index is -0.810. The number of thiazole rings is 1. The van der Waals surface area contributed by atoms with Crippen LogP contribution in [0.1, 0.15) is 22.8 Å². The van der Waals surface area contributed by atoms with Gasteiger partial charge in [0, 0.05) is 38.1 Å². The van der Waals surface area contributed by atoms with Gasteiger partial charge in [-0.1, -0.05) is 0 Å². The smallest absolute Gasteiger partial charge is 0.158 e. The second kappa shape index (κ2) is 7.20. The number of aryl methyl sites for hydroxylation is 1. The summed E-state index contributed by atoms with van der Waals surface area (Å²) in [6.07, 6.45) is 2.73. The second-order valence-electron chi connectivity index (χ2n) is 6.03. The molecule has 0 bridgehead atoms. The molecule has 1 aliphatic heterocycles. The summed E-state index contributed by atoms with van der Waals surface area (Å²) in [7, 11) is 1.91. The molecular weight excluding hydrogens is 327 g/mol. The molecule has 2 aromatic heterocycles. The van der Waals surface area contributed by atoms with E-state index < -0.39 is 6.17 Å². The molecule has 3 rings (SSSR count). The Morgan fingerprint density at radius 1 is 1.46 bits per heavy atom. The normalized spacial score (nSPS) is 20.9. The number of anilines is 1. The minimum Gasteiger partial charge on any atom is -0.357 e. The van der Waals surface area contributed by atoms with E-state index in [4.69, 9.17) is 5.26 Å². The lowest BCUT2D eigenvalue weighted by atomic mass is 10.2. The molecule has 126 valence electrons. The first-order valence-corrected chi connectivity index (χ1v) is 8.65. The summed E-state index contributed by atoms with van der Waals surface area (Å²) < 4.78 is 13.9. The lowest BCUT2D eigenvalue weighted by molar-refractivity contribution is 0.235. The van der Waals surface area contributed by atoms with E-state index >= 15 is 0 Å². The third-order valence-electron chi connectivity index (χ3n) is 4.14. The van der Waals surface area contributed by atoms with E-state index in [9.17, 15) is 4.39 Å². The van der Waals surface area contributed by atoms with Crippen LogP contribution in [0.2, 0.25) is 0 Å². The first-order chi connectivity index (χ1) is 11.5. The van der Waals surface area contributed by atoms with E-state index in [1.54, 1.807) is 17.5 Å². The zero-order chi connectivity index (χ0) is 17.1. The van der Waals surface area contributed by atoms with E-state index in [-0.39, 0.29) is 11.7 Å². The van der Waals surface area contributed by atoms with Gasteiger partial charge in [-0.25, -0.2) is 19.3 Å². The molecule has 2 aromatic rings. The standard InChI is InChI=1S/C16H19FN6S/c1-11-21-14(10-24-11)8-23-7-12(17)3-15(23)9-22(2)16-6-19-13(4-18)5-20-16/h5-6,10,12,15H,3,7-9H2,1-2H3/t12-,15-/m0/s1. The Labute approximate surface area is 144 Å². The molecule has 8 heteroatoms. The van der Waals surface area contributed by atoms with Crippen molar-refractivity contribution in [3.05, 3.63) is 34.2 Å². The maximum absolute atomic E-state index is 13.9. The van der Waals surface area contributed by atoms with Crippen molar-refractivity contribution in [2.45, 2.75) is 32.1 Å². The average molecular weight is 346 g/mol. The fourth-order valence-electron chi connectivity index (χ4n) is 2.98. The van der Waals surface area contributed by atoms with Crippen molar-refractivity contribution in [1.82, 2.24) is 19.9 Å². The molecule has 1 fully saturated rings. The predicted molar refractivity (Wildman–Crippen MR) is 90.6 cm³/mol. The van der Waals surface area contributed by atoms with Crippen molar-refractivity contribution in [2.75, 3.05) is 25.0 Å². The molecule has 0 radical (unpaired) electrons. The Balaban J connectivity index is 1.66. The largest absolute Gasteiger partial charge is 0.357 e. The minimum absolute atomic E-state index is 0.101. The summed E-state index contributed by atoms with van der Waals surface area (Å²) >= 11 is 1.62. The number of likely N-dealkylation sites (tertiary alicyclic amines) is 1. The highest BCUT2D eigenvalue weighted by molar-refractivity contribution is 7.09. The fourth-order valence-corrected chi connectivity index (χ4v) is 3.58. The van der Waals surface area contributed by atoms with Crippen molar-refractivity contribution >= 4 is 17.2 Å². The number of alkyl halides is 1. The fraction of sp³-hybridized carbons (Fsp3) is 0.500. The van der Waals surface area contributed by atoms with E-state index in [2.05, 4.69) is 19.9 Å². The Morgan fingerprint density at radius 2 is 2.29 bits per heavy atom. The van der Waals surface area contributed by atoms with Gasteiger partial charge in [0.05, 0.1) is 23.1 Å². The highest BCUT2D eigenvalue weighted by Crippen LogP contribution is 2.24. The highest BCUT2D eigenvalue weighted by atomic mass is 32.1. The SMILES string of the molecule is Cc1nc(CN2C[C@@H](F)C[C@H]2CN(C)c2cnc(C#N)cn2)cs1. The maximum Gasteiger partial charge on any atom is 0.158 e. The van der Waals surface area contributed by atoms with Crippen LogP contribution in [-0.2, 0) is 6.54 Å². The van der Waals surface area contributed by atoms with Crippen LogP contribution in [0.3, 0.4) is 0 Å². The second-order valence-corrected chi connectivity index (χ2v) is 7.09. The summed E-state index contributed by atoms with van der Waals surface area (Å²) in [6, 6.07) is 2.05. The lowest BCUT2D eigenvalue weighted by Gasteiger charge is -2.28. The summed E-state index contributed by atoms with van der Waals surface area (Å²) in [5.74, 6) is 0.681. The monoisotopic (exact) mass is 346 g/mol.